The van der Waals surface area contributed by atoms with Gasteiger partial charge in [-0.05, 0) is 30.3 Å². The van der Waals surface area contributed by atoms with Crippen LogP contribution in [0.2, 0.25) is 5.02 Å². The van der Waals surface area contributed by atoms with E-state index in [9.17, 15) is 18.5 Å². The van der Waals surface area contributed by atoms with Crippen LogP contribution in [0.3, 0.4) is 0 Å². The predicted molar refractivity (Wildman–Crippen MR) is 87.9 cm³/mol. The molecule has 0 amide bonds. The van der Waals surface area contributed by atoms with Crippen LogP contribution in [-0.2, 0) is 10.0 Å². The number of rotatable bonds is 6. The summed E-state index contributed by atoms with van der Waals surface area (Å²) in [7, 11) is -3.78. The lowest BCUT2D eigenvalue weighted by Crippen LogP contribution is -2.14. The molecule has 0 aliphatic rings. The van der Waals surface area contributed by atoms with Crippen molar-refractivity contribution in [2.24, 2.45) is 0 Å². The third-order valence-corrected chi connectivity index (χ3v) is 4.56. The molecule has 0 bridgehead atoms. The normalized spacial score (nSPS) is 11.0. The van der Waals surface area contributed by atoms with Crippen LogP contribution in [-0.4, -0.2) is 18.6 Å². The van der Waals surface area contributed by atoms with Crippen LogP contribution < -0.4 is 9.46 Å². The fourth-order valence-electron chi connectivity index (χ4n) is 1.62. The number of hydrogen-bond acceptors (Lipinski definition) is 5. The quantitative estimate of drug-likeness (QED) is 0.466. The molecule has 0 saturated heterocycles. The molecule has 1 N–H and O–H groups in total. The van der Waals surface area contributed by atoms with E-state index in [-0.39, 0.29) is 17.1 Å². The van der Waals surface area contributed by atoms with Crippen LogP contribution in [0.15, 0.2) is 42.5 Å². The molecule has 0 fully saturated rings. The molecule has 0 atom stereocenters. The largest absolute Gasteiger partial charge is 0.455 e. The van der Waals surface area contributed by atoms with Crippen molar-refractivity contribution in [3.8, 4) is 11.5 Å². The van der Waals surface area contributed by atoms with Gasteiger partial charge in [0.1, 0.15) is 11.0 Å². The maximum absolute atomic E-state index is 11.6. The number of nitro benzene ring substituents is 1. The fourth-order valence-corrected chi connectivity index (χ4v) is 2.47. The summed E-state index contributed by atoms with van der Waals surface area (Å²) in [6.07, 6.45) is 0. The van der Waals surface area contributed by atoms with Crippen molar-refractivity contribution in [3.05, 3.63) is 57.6 Å². The minimum absolute atomic E-state index is 0.0322. The van der Waals surface area contributed by atoms with Crippen molar-refractivity contribution in [3.63, 3.8) is 0 Å². The molecule has 0 heterocycles. The van der Waals surface area contributed by atoms with Gasteiger partial charge in [-0.2, -0.15) is 0 Å². The van der Waals surface area contributed by atoms with Crippen molar-refractivity contribution in [1.29, 1.82) is 0 Å². The number of non-ortho nitro benzene ring substituents is 1. The molecule has 0 radical (unpaired) electrons. The highest BCUT2D eigenvalue weighted by atomic mass is 35.5. The monoisotopic (exact) mass is 376 g/mol. The number of ether oxygens (including phenoxy) is 1. The van der Waals surface area contributed by atoms with E-state index >= 15 is 0 Å². The lowest BCUT2D eigenvalue weighted by Gasteiger charge is -2.12. The lowest BCUT2D eigenvalue weighted by molar-refractivity contribution is -0.384. The van der Waals surface area contributed by atoms with E-state index in [1.165, 1.54) is 6.07 Å². The standard InChI is InChI=1S/C13H10Cl2N2O5S/c14-8-23(20,21)16-12-6-3-10(17(18)19)7-13(12)22-11-4-1-9(15)2-5-11/h1-7,16H,8H2. The summed E-state index contributed by atoms with van der Waals surface area (Å²) < 4.78 is 30.9. The number of alkyl halides is 1. The number of halogens is 2. The molecular formula is C13H10Cl2N2O5S. The second-order valence-corrected chi connectivity index (χ2v) is 7.06. The Morgan fingerprint density at radius 3 is 2.39 bits per heavy atom. The van der Waals surface area contributed by atoms with Crippen molar-refractivity contribution < 1.29 is 18.1 Å². The number of nitro groups is 1. The Hall–Kier alpha value is -2.03. The lowest BCUT2D eigenvalue weighted by atomic mass is 10.2. The molecule has 7 nitrogen and oxygen atoms in total. The number of sulfonamides is 1. The summed E-state index contributed by atoms with van der Waals surface area (Å²) >= 11 is 11.1. The first-order chi connectivity index (χ1) is 10.8. The van der Waals surface area contributed by atoms with E-state index in [4.69, 9.17) is 27.9 Å². The molecule has 2 rings (SSSR count). The fraction of sp³-hybridized carbons (Fsp3) is 0.0769. The maximum atomic E-state index is 11.6. The Balaban J connectivity index is 2.42. The Morgan fingerprint density at radius 2 is 1.83 bits per heavy atom. The van der Waals surface area contributed by atoms with Gasteiger partial charge in [0.2, 0.25) is 10.0 Å². The van der Waals surface area contributed by atoms with E-state index < -0.39 is 20.2 Å². The molecular weight excluding hydrogens is 367 g/mol. The van der Waals surface area contributed by atoms with E-state index in [1.54, 1.807) is 24.3 Å². The van der Waals surface area contributed by atoms with Gasteiger partial charge in [-0.1, -0.05) is 11.6 Å². The minimum Gasteiger partial charge on any atom is -0.455 e. The molecule has 0 spiro atoms. The zero-order valence-electron chi connectivity index (χ0n) is 11.4. The van der Waals surface area contributed by atoms with E-state index in [2.05, 4.69) is 4.72 Å². The Kier molecular flexibility index (Phi) is 5.30. The SMILES string of the molecule is O=[N+]([O-])c1ccc(NS(=O)(=O)CCl)c(Oc2ccc(Cl)cc2)c1. The highest BCUT2D eigenvalue weighted by Crippen LogP contribution is 2.34. The predicted octanol–water partition coefficient (Wildman–Crippen LogP) is 3.98. The summed E-state index contributed by atoms with van der Waals surface area (Å²) in [6.45, 7) is 0. The van der Waals surface area contributed by atoms with Gasteiger partial charge >= 0.3 is 0 Å². The summed E-state index contributed by atoms with van der Waals surface area (Å²) in [5.74, 6) is 0.302. The van der Waals surface area contributed by atoms with Gasteiger partial charge in [0.15, 0.2) is 5.75 Å². The average Bonchev–Trinajstić information content (AvgIpc) is 2.51. The van der Waals surface area contributed by atoms with Crippen LogP contribution in [0.1, 0.15) is 0 Å². The summed E-state index contributed by atoms with van der Waals surface area (Å²) in [4.78, 5) is 10.3. The number of nitrogens with zero attached hydrogens (tertiary/aromatic N) is 1. The average molecular weight is 377 g/mol. The van der Waals surface area contributed by atoms with E-state index in [0.717, 1.165) is 12.1 Å². The van der Waals surface area contributed by atoms with Gasteiger partial charge in [-0.15, -0.1) is 11.6 Å². The number of nitrogens with one attached hydrogen (secondary N) is 1. The smallest absolute Gasteiger partial charge is 0.273 e. The highest BCUT2D eigenvalue weighted by molar-refractivity contribution is 7.93. The second kappa shape index (κ2) is 7.03. The first kappa shape index (κ1) is 17.3. The summed E-state index contributed by atoms with van der Waals surface area (Å²) in [5.41, 5.74) is -0.214. The molecule has 23 heavy (non-hydrogen) atoms. The van der Waals surface area contributed by atoms with Gasteiger partial charge < -0.3 is 4.74 Å². The maximum Gasteiger partial charge on any atom is 0.273 e. The first-order valence-electron chi connectivity index (χ1n) is 6.09. The number of anilines is 1. The van der Waals surface area contributed by atoms with Crippen molar-refractivity contribution in [2.45, 2.75) is 0 Å². The Bertz CT molecular complexity index is 825. The topological polar surface area (TPSA) is 98.5 Å². The number of benzene rings is 2. The van der Waals surface area contributed by atoms with Crippen LogP contribution in [0.5, 0.6) is 11.5 Å². The zero-order chi connectivity index (χ0) is 17.0. The second-order valence-electron chi connectivity index (χ2n) is 4.32. The molecule has 0 aliphatic carbocycles. The van der Waals surface area contributed by atoms with Gasteiger partial charge in [0, 0.05) is 11.1 Å². The van der Waals surface area contributed by atoms with Crippen molar-refractivity contribution in [2.75, 3.05) is 9.93 Å². The van der Waals surface area contributed by atoms with Crippen molar-refractivity contribution in [1.82, 2.24) is 0 Å². The van der Waals surface area contributed by atoms with Crippen LogP contribution in [0.4, 0.5) is 11.4 Å². The molecule has 0 aromatic heterocycles. The molecule has 2 aromatic rings. The van der Waals surface area contributed by atoms with Crippen LogP contribution >= 0.6 is 23.2 Å². The Morgan fingerprint density at radius 1 is 1.17 bits per heavy atom. The summed E-state index contributed by atoms with van der Waals surface area (Å²) in [5, 5.41) is 10.7. The summed E-state index contributed by atoms with van der Waals surface area (Å²) in [6, 6.07) is 9.71. The van der Waals surface area contributed by atoms with Gasteiger partial charge in [-0.3, -0.25) is 14.8 Å². The van der Waals surface area contributed by atoms with Crippen LogP contribution in [0.25, 0.3) is 0 Å². The number of hydrogen-bond donors (Lipinski definition) is 1. The minimum atomic E-state index is -3.78. The first-order valence-corrected chi connectivity index (χ1v) is 8.65. The van der Waals surface area contributed by atoms with Gasteiger partial charge in [-0.25, -0.2) is 8.42 Å². The molecule has 122 valence electrons. The molecule has 0 unspecified atom stereocenters. The molecule has 0 saturated carbocycles. The third-order valence-electron chi connectivity index (χ3n) is 2.63. The molecule has 10 heteroatoms. The van der Waals surface area contributed by atoms with E-state index in [0.29, 0.717) is 10.8 Å². The molecule has 0 aliphatic heterocycles. The molecule has 2 aromatic carbocycles. The zero-order valence-corrected chi connectivity index (χ0v) is 13.7. The van der Waals surface area contributed by atoms with Gasteiger partial charge in [0.05, 0.1) is 16.7 Å². The van der Waals surface area contributed by atoms with Gasteiger partial charge in [0.25, 0.3) is 5.69 Å². The van der Waals surface area contributed by atoms with E-state index in [1.807, 2.05) is 0 Å². The third kappa shape index (κ3) is 4.72. The highest BCUT2D eigenvalue weighted by Gasteiger charge is 2.17. The van der Waals surface area contributed by atoms with Crippen molar-refractivity contribution >= 4 is 44.6 Å². The van der Waals surface area contributed by atoms with Crippen LogP contribution in [0, 0.1) is 10.1 Å². The Labute approximate surface area is 142 Å².